The maximum Gasteiger partial charge on any atom is 0.256 e. The number of carbonyl (C=O) groups is 1. The highest BCUT2D eigenvalue weighted by Crippen LogP contribution is 2.34. The molecule has 3 heterocycles. The number of ether oxygens (including phenoxy) is 1. The number of halogens is 2. The van der Waals surface area contributed by atoms with E-state index in [0.717, 1.165) is 5.56 Å². The van der Waals surface area contributed by atoms with E-state index in [1.54, 1.807) is 36.8 Å². The van der Waals surface area contributed by atoms with Gasteiger partial charge < -0.3 is 9.64 Å². The topological polar surface area (TPSA) is 55.3 Å². The lowest BCUT2D eigenvalue weighted by Crippen LogP contribution is -2.50. The Labute approximate surface area is 144 Å². The average molecular weight is 347 g/mol. The number of pyridine rings is 2. The lowest BCUT2D eigenvalue weighted by atomic mass is 9.93. The molecule has 2 aromatic rings. The average Bonchev–Trinajstić information content (AvgIpc) is 2.64. The molecule has 0 N–H and O–H groups in total. The molecule has 25 heavy (non-hydrogen) atoms. The minimum Gasteiger partial charge on any atom is -0.376 e. The SMILES string of the molecule is O=C(c1cccnc1)N1CCC(F)(F)C(COCc2cccnc2)C1. The molecule has 1 saturated heterocycles. The summed E-state index contributed by atoms with van der Waals surface area (Å²) in [5, 5.41) is 0. The molecule has 1 unspecified atom stereocenters. The normalized spacial score (nSPS) is 19.6. The Hall–Kier alpha value is -2.41. The van der Waals surface area contributed by atoms with E-state index in [1.807, 2.05) is 6.07 Å². The summed E-state index contributed by atoms with van der Waals surface area (Å²) in [6.45, 7) is 0.100. The largest absolute Gasteiger partial charge is 0.376 e. The van der Waals surface area contributed by atoms with E-state index < -0.39 is 11.8 Å². The van der Waals surface area contributed by atoms with Gasteiger partial charge in [0.05, 0.1) is 24.7 Å². The van der Waals surface area contributed by atoms with Gasteiger partial charge in [-0.3, -0.25) is 14.8 Å². The van der Waals surface area contributed by atoms with Crippen molar-refractivity contribution in [2.24, 2.45) is 5.92 Å². The summed E-state index contributed by atoms with van der Waals surface area (Å²) < 4.78 is 33.8. The van der Waals surface area contributed by atoms with Crippen LogP contribution in [0.25, 0.3) is 0 Å². The Morgan fingerprint density at radius 3 is 2.68 bits per heavy atom. The van der Waals surface area contributed by atoms with Gasteiger partial charge in [-0.15, -0.1) is 0 Å². The number of piperidine rings is 1. The molecule has 0 spiro atoms. The predicted octanol–water partition coefficient (Wildman–Crippen LogP) is 2.79. The van der Waals surface area contributed by atoms with E-state index in [2.05, 4.69) is 9.97 Å². The van der Waals surface area contributed by atoms with Crippen molar-refractivity contribution in [2.75, 3.05) is 19.7 Å². The number of carbonyl (C=O) groups excluding carboxylic acids is 1. The van der Waals surface area contributed by atoms with E-state index in [9.17, 15) is 13.6 Å². The third kappa shape index (κ3) is 4.36. The molecule has 1 fully saturated rings. The number of hydrogen-bond acceptors (Lipinski definition) is 4. The number of likely N-dealkylation sites (tertiary alicyclic amines) is 1. The summed E-state index contributed by atoms with van der Waals surface area (Å²) in [5.41, 5.74) is 1.23. The lowest BCUT2D eigenvalue weighted by molar-refractivity contribution is -0.124. The fraction of sp³-hybridized carbons (Fsp3) is 0.389. The van der Waals surface area contributed by atoms with E-state index in [1.165, 1.54) is 11.1 Å². The molecule has 2 aromatic heterocycles. The highest BCUT2D eigenvalue weighted by molar-refractivity contribution is 5.93. The Kier molecular flexibility index (Phi) is 5.33. The van der Waals surface area contributed by atoms with Gasteiger partial charge in [0.25, 0.3) is 11.8 Å². The molecule has 1 atom stereocenters. The van der Waals surface area contributed by atoms with Crippen LogP contribution in [-0.4, -0.2) is 46.4 Å². The van der Waals surface area contributed by atoms with Gasteiger partial charge >= 0.3 is 0 Å². The summed E-state index contributed by atoms with van der Waals surface area (Å²) in [7, 11) is 0. The fourth-order valence-electron chi connectivity index (χ4n) is 2.81. The molecule has 1 aliphatic heterocycles. The number of aromatic nitrogens is 2. The van der Waals surface area contributed by atoms with Crippen molar-refractivity contribution in [1.29, 1.82) is 0 Å². The Morgan fingerprint density at radius 2 is 2.00 bits per heavy atom. The first kappa shape index (κ1) is 17.4. The second-order valence-corrected chi connectivity index (χ2v) is 6.08. The van der Waals surface area contributed by atoms with Gasteiger partial charge in [0.15, 0.2) is 0 Å². The first-order chi connectivity index (χ1) is 12.1. The molecular formula is C18H19F2N3O2. The number of amides is 1. The van der Waals surface area contributed by atoms with Gasteiger partial charge in [0.2, 0.25) is 0 Å². The zero-order valence-corrected chi connectivity index (χ0v) is 13.6. The Balaban J connectivity index is 1.60. The van der Waals surface area contributed by atoms with Crippen molar-refractivity contribution in [1.82, 2.24) is 14.9 Å². The van der Waals surface area contributed by atoms with Crippen molar-refractivity contribution < 1.29 is 18.3 Å². The van der Waals surface area contributed by atoms with Crippen molar-refractivity contribution >= 4 is 5.91 Å². The molecule has 0 aromatic carbocycles. The number of alkyl halides is 2. The smallest absolute Gasteiger partial charge is 0.256 e. The van der Waals surface area contributed by atoms with E-state index in [-0.39, 0.29) is 38.6 Å². The highest BCUT2D eigenvalue weighted by Gasteiger charge is 2.45. The maximum atomic E-state index is 14.2. The number of nitrogens with zero attached hydrogens (tertiary/aromatic N) is 3. The van der Waals surface area contributed by atoms with Crippen LogP contribution >= 0.6 is 0 Å². The summed E-state index contributed by atoms with van der Waals surface area (Å²) >= 11 is 0. The van der Waals surface area contributed by atoms with Crippen LogP contribution in [0.1, 0.15) is 22.3 Å². The standard InChI is InChI=1S/C18H19F2N3O2/c19-18(20)5-8-23(17(24)15-4-2-7-22-10-15)11-16(18)13-25-12-14-3-1-6-21-9-14/h1-4,6-7,9-10,16H,5,8,11-13H2. The molecule has 132 valence electrons. The van der Waals surface area contributed by atoms with Crippen molar-refractivity contribution in [3.05, 3.63) is 60.2 Å². The van der Waals surface area contributed by atoms with Gasteiger partial charge in [-0.2, -0.15) is 0 Å². The van der Waals surface area contributed by atoms with Gasteiger partial charge in [-0.1, -0.05) is 6.07 Å². The van der Waals surface area contributed by atoms with Crippen LogP contribution in [0.15, 0.2) is 49.1 Å². The van der Waals surface area contributed by atoms with Gasteiger partial charge in [-0.05, 0) is 23.8 Å². The lowest BCUT2D eigenvalue weighted by Gasteiger charge is -2.38. The first-order valence-electron chi connectivity index (χ1n) is 8.10. The molecule has 0 saturated carbocycles. The van der Waals surface area contributed by atoms with E-state index in [0.29, 0.717) is 5.56 Å². The number of rotatable bonds is 5. The van der Waals surface area contributed by atoms with Crippen molar-refractivity contribution in [2.45, 2.75) is 19.0 Å². The second-order valence-electron chi connectivity index (χ2n) is 6.08. The summed E-state index contributed by atoms with van der Waals surface area (Å²) in [6.07, 6.45) is 5.93. The second kappa shape index (κ2) is 7.65. The van der Waals surface area contributed by atoms with Gasteiger partial charge in [0.1, 0.15) is 0 Å². The van der Waals surface area contributed by atoms with Crippen LogP contribution in [0.2, 0.25) is 0 Å². The molecule has 5 nitrogen and oxygen atoms in total. The highest BCUT2D eigenvalue weighted by atomic mass is 19.3. The summed E-state index contributed by atoms with van der Waals surface area (Å²) in [5.74, 6) is -4.15. The van der Waals surface area contributed by atoms with Crippen LogP contribution in [0.3, 0.4) is 0 Å². The minimum atomic E-state index is -2.85. The first-order valence-corrected chi connectivity index (χ1v) is 8.10. The molecule has 1 amide bonds. The molecule has 7 heteroatoms. The van der Waals surface area contributed by atoms with Crippen LogP contribution in [0.5, 0.6) is 0 Å². The summed E-state index contributed by atoms with van der Waals surface area (Å²) in [6, 6.07) is 6.88. The monoisotopic (exact) mass is 347 g/mol. The van der Waals surface area contributed by atoms with Crippen LogP contribution in [0, 0.1) is 5.92 Å². The third-order valence-electron chi connectivity index (χ3n) is 4.26. The molecular weight excluding hydrogens is 328 g/mol. The predicted molar refractivity (Wildman–Crippen MR) is 87.1 cm³/mol. The Morgan fingerprint density at radius 1 is 1.24 bits per heavy atom. The minimum absolute atomic E-state index is 0.0276. The molecule has 0 radical (unpaired) electrons. The van der Waals surface area contributed by atoms with Crippen LogP contribution in [0.4, 0.5) is 8.78 Å². The molecule has 1 aliphatic rings. The van der Waals surface area contributed by atoms with Crippen molar-refractivity contribution in [3.63, 3.8) is 0 Å². The van der Waals surface area contributed by atoms with E-state index in [4.69, 9.17) is 4.74 Å². The van der Waals surface area contributed by atoms with Crippen molar-refractivity contribution in [3.8, 4) is 0 Å². The van der Waals surface area contributed by atoms with Crippen LogP contribution in [-0.2, 0) is 11.3 Å². The maximum absolute atomic E-state index is 14.2. The summed E-state index contributed by atoms with van der Waals surface area (Å²) in [4.78, 5) is 21.8. The van der Waals surface area contributed by atoms with Crippen LogP contribution < -0.4 is 0 Å². The quantitative estimate of drug-likeness (QED) is 0.835. The van der Waals surface area contributed by atoms with Gasteiger partial charge in [0, 0.05) is 44.3 Å². The molecule has 0 aliphatic carbocycles. The zero-order valence-electron chi connectivity index (χ0n) is 13.6. The Bertz CT molecular complexity index is 698. The fourth-order valence-corrected chi connectivity index (χ4v) is 2.81. The zero-order chi connectivity index (χ0) is 17.7. The van der Waals surface area contributed by atoms with E-state index >= 15 is 0 Å². The molecule has 3 rings (SSSR count). The molecule has 0 bridgehead atoms. The third-order valence-corrected chi connectivity index (χ3v) is 4.26. The number of hydrogen-bond donors (Lipinski definition) is 0. The van der Waals surface area contributed by atoms with Gasteiger partial charge in [-0.25, -0.2) is 8.78 Å².